The SMILES string of the molecule is Cc1cc(C(=O)NCCn2nc(-c3cccs3)cc2C)no1. The van der Waals surface area contributed by atoms with E-state index < -0.39 is 0 Å². The minimum absolute atomic E-state index is 0.236. The van der Waals surface area contributed by atoms with Crippen LogP contribution < -0.4 is 5.32 Å². The third kappa shape index (κ3) is 3.09. The Labute approximate surface area is 131 Å². The minimum atomic E-state index is -0.236. The molecule has 0 aromatic carbocycles. The van der Waals surface area contributed by atoms with Gasteiger partial charge >= 0.3 is 0 Å². The number of aromatic nitrogens is 3. The Morgan fingerprint density at radius 1 is 1.41 bits per heavy atom. The van der Waals surface area contributed by atoms with E-state index in [0.717, 1.165) is 16.3 Å². The van der Waals surface area contributed by atoms with Crippen LogP contribution in [0.25, 0.3) is 10.6 Å². The molecule has 3 aromatic heterocycles. The van der Waals surface area contributed by atoms with Gasteiger partial charge in [0.1, 0.15) is 11.5 Å². The van der Waals surface area contributed by atoms with Gasteiger partial charge in [0.2, 0.25) is 0 Å². The lowest BCUT2D eigenvalue weighted by atomic mass is 10.3. The zero-order valence-corrected chi connectivity index (χ0v) is 13.2. The smallest absolute Gasteiger partial charge is 0.273 e. The fourth-order valence-corrected chi connectivity index (χ4v) is 2.80. The summed E-state index contributed by atoms with van der Waals surface area (Å²) in [7, 11) is 0. The number of carbonyl (C=O) groups excluding carboxylic acids is 1. The average molecular weight is 316 g/mol. The van der Waals surface area contributed by atoms with Crippen molar-refractivity contribution < 1.29 is 9.32 Å². The van der Waals surface area contributed by atoms with Gasteiger partial charge in [-0.1, -0.05) is 11.2 Å². The number of hydrogen-bond acceptors (Lipinski definition) is 5. The largest absolute Gasteiger partial charge is 0.361 e. The molecule has 6 nitrogen and oxygen atoms in total. The summed E-state index contributed by atoms with van der Waals surface area (Å²) in [4.78, 5) is 13.0. The van der Waals surface area contributed by atoms with E-state index in [4.69, 9.17) is 4.52 Å². The van der Waals surface area contributed by atoms with Crippen LogP contribution in [0.3, 0.4) is 0 Å². The van der Waals surface area contributed by atoms with Gasteiger partial charge in [0, 0.05) is 18.3 Å². The van der Waals surface area contributed by atoms with E-state index >= 15 is 0 Å². The van der Waals surface area contributed by atoms with Crippen molar-refractivity contribution in [1.29, 1.82) is 0 Å². The minimum Gasteiger partial charge on any atom is -0.361 e. The Morgan fingerprint density at radius 3 is 2.95 bits per heavy atom. The molecular weight excluding hydrogens is 300 g/mol. The molecule has 0 fully saturated rings. The van der Waals surface area contributed by atoms with Gasteiger partial charge in [-0.25, -0.2) is 0 Å². The summed E-state index contributed by atoms with van der Waals surface area (Å²) in [6, 6.07) is 7.72. The van der Waals surface area contributed by atoms with Crippen molar-refractivity contribution in [3.05, 3.63) is 46.8 Å². The molecule has 1 N–H and O–H groups in total. The molecule has 0 aliphatic rings. The van der Waals surface area contributed by atoms with E-state index in [1.807, 2.05) is 29.1 Å². The molecule has 3 rings (SSSR count). The zero-order valence-electron chi connectivity index (χ0n) is 12.4. The average Bonchev–Trinajstić information content (AvgIpc) is 3.20. The molecule has 22 heavy (non-hydrogen) atoms. The maximum Gasteiger partial charge on any atom is 0.273 e. The summed E-state index contributed by atoms with van der Waals surface area (Å²) in [5.74, 6) is 0.383. The van der Waals surface area contributed by atoms with Gasteiger partial charge in [0.15, 0.2) is 5.69 Å². The predicted octanol–water partition coefficient (Wildman–Crippen LogP) is 2.65. The van der Waals surface area contributed by atoms with Crippen LogP contribution >= 0.6 is 11.3 Å². The Bertz CT molecular complexity index is 773. The molecule has 0 aliphatic heterocycles. The second-order valence-electron chi connectivity index (χ2n) is 4.95. The maximum atomic E-state index is 11.9. The Hall–Kier alpha value is -2.41. The lowest BCUT2D eigenvalue weighted by Gasteiger charge is -2.05. The van der Waals surface area contributed by atoms with Crippen molar-refractivity contribution in [3.63, 3.8) is 0 Å². The number of amides is 1. The van der Waals surface area contributed by atoms with Crippen molar-refractivity contribution in [1.82, 2.24) is 20.3 Å². The highest BCUT2D eigenvalue weighted by Gasteiger charge is 2.11. The normalized spacial score (nSPS) is 10.8. The molecule has 7 heteroatoms. The van der Waals surface area contributed by atoms with Gasteiger partial charge in [-0.05, 0) is 31.4 Å². The van der Waals surface area contributed by atoms with E-state index in [-0.39, 0.29) is 5.91 Å². The topological polar surface area (TPSA) is 73.0 Å². The highest BCUT2D eigenvalue weighted by Crippen LogP contribution is 2.23. The number of nitrogens with one attached hydrogen (secondary N) is 1. The van der Waals surface area contributed by atoms with Crippen LogP contribution in [0.4, 0.5) is 0 Å². The molecular formula is C15H16N4O2S. The van der Waals surface area contributed by atoms with Gasteiger partial charge in [0.25, 0.3) is 5.91 Å². The second-order valence-corrected chi connectivity index (χ2v) is 5.90. The molecule has 0 aliphatic carbocycles. The van der Waals surface area contributed by atoms with Gasteiger partial charge in [-0.2, -0.15) is 5.10 Å². The highest BCUT2D eigenvalue weighted by molar-refractivity contribution is 7.13. The molecule has 114 valence electrons. The molecule has 3 aromatic rings. The quantitative estimate of drug-likeness (QED) is 0.785. The van der Waals surface area contributed by atoms with E-state index in [1.54, 1.807) is 24.3 Å². The van der Waals surface area contributed by atoms with Crippen LogP contribution in [-0.2, 0) is 6.54 Å². The van der Waals surface area contributed by atoms with Crippen molar-refractivity contribution >= 4 is 17.2 Å². The lowest BCUT2D eigenvalue weighted by molar-refractivity contribution is 0.0942. The summed E-state index contributed by atoms with van der Waals surface area (Å²) >= 11 is 1.66. The third-order valence-electron chi connectivity index (χ3n) is 3.22. The van der Waals surface area contributed by atoms with Gasteiger partial charge < -0.3 is 9.84 Å². The number of hydrogen-bond donors (Lipinski definition) is 1. The predicted molar refractivity (Wildman–Crippen MR) is 83.9 cm³/mol. The highest BCUT2D eigenvalue weighted by atomic mass is 32.1. The molecule has 0 atom stereocenters. The molecule has 0 unspecified atom stereocenters. The van der Waals surface area contributed by atoms with Crippen LogP contribution in [0.5, 0.6) is 0 Å². The maximum absolute atomic E-state index is 11.9. The van der Waals surface area contributed by atoms with Gasteiger partial charge in [0.05, 0.1) is 11.4 Å². The van der Waals surface area contributed by atoms with Crippen LogP contribution in [0.15, 0.2) is 34.2 Å². The summed E-state index contributed by atoms with van der Waals surface area (Å²) in [5.41, 5.74) is 2.33. The first-order chi connectivity index (χ1) is 10.6. The zero-order chi connectivity index (χ0) is 15.5. The van der Waals surface area contributed by atoms with Crippen LogP contribution in [0, 0.1) is 13.8 Å². The summed E-state index contributed by atoms with van der Waals surface area (Å²) in [6.45, 7) is 4.85. The summed E-state index contributed by atoms with van der Waals surface area (Å²) in [5, 5.41) is 13.1. The van der Waals surface area contributed by atoms with E-state index in [0.29, 0.717) is 24.5 Å². The fourth-order valence-electron chi connectivity index (χ4n) is 2.12. The Morgan fingerprint density at radius 2 is 2.27 bits per heavy atom. The van der Waals surface area contributed by atoms with Crippen molar-refractivity contribution in [3.8, 4) is 10.6 Å². The standard InChI is InChI=1S/C15H16N4O2S/c1-10-8-12(14-4-3-7-22-14)17-19(10)6-5-16-15(20)13-9-11(2)21-18-13/h3-4,7-9H,5-6H2,1-2H3,(H,16,20). The van der Waals surface area contributed by atoms with E-state index in [9.17, 15) is 4.79 Å². The monoisotopic (exact) mass is 316 g/mol. The number of thiophene rings is 1. The molecule has 0 saturated heterocycles. The first-order valence-corrected chi connectivity index (χ1v) is 7.81. The number of aryl methyl sites for hydroxylation is 2. The third-order valence-corrected chi connectivity index (χ3v) is 4.12. The van der Waals surface area contributed by atoms with E-state index in [1.165, 1.54) is 0 Å². The van der Waals surface area contributed by atoms with Gasteiger partial charge in [-0.3, -0.25) is 9.48 Å². The molecule has 0 bridgehead atoms. The molecule has 0 saturated carbocycles. The number of carbonyl (C=O) groups is 1. The van der Waals surface area contributed by atoms with E-state index in [2.05, 4.69) is 21.6 Å². The summed E-state index contributed by atoms with van der Waals surface area (Å²) < 4.78 is 6.78. The molecule has 0 spiro atoms. The van der Waals surface area contributed by atoms with Crippen molar-refractivity contribution in [2.45, 2.75) is 20.4 Å². The Balaban J connectivity index is 1.59. The first-order valence-electron chi connectivity index (χ1n) is 6.93. The summed E-state index contributed by atoms with van der Waals surface area (Å²) in [6.07, 6.45) is 0. The molecule has 3 heterocycles. The number of rotatable bonds is 5. The fraction of sp³-hybridized carbons (Fsp3) is 0.267. The lowest BCUT2D eigenvalue weighted by Crippen LogP contribution is -2.28. The van der Waals surface area contributed by atoms with Gasteiger partial charge in [-0.15, -0.1) is 11.3 Å². The Kier molecular flexibility index (Phi) is 4.06. The second kappa shape index (κ2) is 6.15. The van der Waals surface area contributed by atoms with Crippen LogP contribution in [0.1, 0.15) is 21.9 Å². The molecule has 0 radical (unpaired) electrons. The van der Waals surface area contributed by atoms with Crippen molar-refractivity contribution in [2.24, 2.45) is 0 Å². The van der Waals surface area contributed by atoms with Crippen molar-refractivity contribution in [2.75, 3.05) is 6.54 Å². The molecule has 1 amide bonds. The van der Waals surface area contributed by atoms with Crippen LogP contribution in [-0.4, -0.2) is 27.4 Å². The number of nitrogens with zero attached hydrogens (tertiary/aromatic N) is 3. The first kappa shape index (κ1) is 14.5. The van der Waals surface area contributed by atoms with Crippen LogP contribution in [0.2, 0.25) is 0 Å².